The highest BCUT2D eigenvalue weighted by Gasteiger charge is 2.33. The molecule has 24 heavy (non-hydrogen) atoms. The average Bonchev–Trinajstić information content (AvgIpc) is 3.31. The van der Waals surface area contributed by atoms with Crippen molar-refractivity contribution in [2.24, 2.45) is 5.92 Å². The largest absolute Gasteiger partial charge is 0.352 e. The Balaban J connectivity index is 1.48. The molecule has 0 saturated carbocycles. The Labute approximate surface area is 141 Å². The summed E-state index contributed by atoms with van der Waals surface area (Å²) in [6.07, 6.45) is 2.95. The topological polar surface area (TPSA) is 85.2 Å². The first-order chi connectivity index (χ1) is 11.7. The molecule has 2 aliphatic rings. The summed E-state index contributed by atoms with van der Waals surface area (Å²) in [5.41, 5.74) is 0.964. The molecule has 6 heteroatoms. The molecule has 0 unspecified atom stereocenters. The van der Waals surface area contributed by atoms with Gasteiger partial charge in [0.25, 0.3) is 5.91 Å². The van der Waals surface area contributed by atoms with Crippen molar-refractivity contribution in [1.82, 2.24) is 15.5 Å². The number of rotatable bonds is 4. The van der Waals surface area contributed by atoms with Crippen molar-refractivity contribution in [3.63, 3.8) is 0 Å². The monoisotopic (exact) mass is 326 g/mol. The summed E-state index contributed by atoms with van der Waals surface area (Å²) in [6, 6.07) is 8.57. The fourth-order valence-electron chi connectivity index (χ4n) is 3.38. The predicted molar refractivity (Wildman–Crippen MR) is 89.2 cm³/mol. The summed E-state index contributed by atoms with van der Waals surface area (Å²) in [5, 5.41) is 15.1. The molecule has 2 N–H and O–H groups in total. The van der Waals surface area contributed by atoms with E-state index in [1.807, 2.05) is 11.0 Å². The van der Waals surface area contributed by atoms with Crippen LogP contribution in [0, 0.1) is 17.2 Å². The van der Waals surface area contributed by atoms with Crippen LogP contribution in [0.4, 0.5) is 0 Å². The van der Waals surface area contributed by atoms with Gasteiger partial charge in [-0.15, -0.1) is 0 Å². The quantitative estimate of drug-likeness (QED) is 0.860. The second kappa shape index (κ2) is 7.45. The molecule has 2 saturated heterocycles. The number of likely N-dealkylation sites (tertiary alicyclic amines) is 1. The Morgan fingerprint density at radius 3 is 2.88 bits per heavy atom. The molecule has 2 amide bonds. The van der Waals surface area contributed by atoms with E-state index in [4.69, 9.17) is 5.26 Å². The third kappa shape index (κ3) is 3.74. The van der Waals surface area contributed by atoms with Crippen molar-refractivity contribution in [2.75, 3.05) is 26.2 Å². The van der Waals surface area contributed by atoms with Crippen LogP contribution < -0.4 is 10.6 Å². The van der Waals surface area contributed by atoms with Crippen LogP contribution in [-0.2, 0) is 4.79 Å². The molecule has 1 aromatic carbocycles. The molecule has 0 bridgehead atoms. The summed E-state index contributed by atoms with van der Waals surface area (Å²) in [4.78, 5) is 26.5. The SMILES string of the molecule is N#Cc1cccc(C(=O)NC[C@@H]2CN[C@H](C(=O)N3CCCC3)C2)c1. The van der Waals surface area contributed by atoms with Crippen molar-refractivity contribution in [3.8, 4) is 6.07 Å². The van der Waals surface area contributed by atoms with Gasteiger partial charge in [0.15, 0.2) is 0 Å². The molecular weight excluding hydrogens is 304 g/mol. The van der Waals surface area contributed by atoms with E-state index in [0.29, 0.717) is 17.7 Å². The lowest BCUT2D eigenvalue weighted by Gasteiger charge is -2.20. The number of benzene rings is 1. The zero-order chi connectivity index (χ0) is 16.9. The van der Waals surface area contributed by atoms with Crippen LogP contribution in [0.25, 0.3) is 0 Å². The van der Waals surface area contributed by atoms with Gasteiger partial charge in [0.2, 0.25) is 5.91 Å². The van der Waals surface area contributed by atoms with Crippen molar-refractivity contribution in [2.45, 2.75) is 25.3 Å². The minimum atomic E-state index is -0.179. The molecule has 0 spiro atoms. The standard InChI is InChI=1S/C18H22N4O2/c19-10-13-4-3-5-15(8-13)17(23)21-12-14-9-16(20-11-14)18(24)22-6-1-2-7-22/h3-5,8,14,16,20H,1-2,6-7,9,11-12H2,(H,21,23)/t14-,16-/m0/s1. The van der Waals surface area contributed by atoms with E-state index >= 15 is 0 Å². The van der Waals surface area contributed by atoms with Gasteiger partial charge in [0.05, 0.1) is 17.7 Å². The summed E-state index contributed by atoms with van der Waals surface area (Å²) < 4.78 is 0. The van der Waals surface area contributed by atoms with Crippen molar-refractivity contribution in [1.29, 1.82) is 5.26 Å². The lowest BCUT2D eigenvalue weighted by atomic mass is 10.0. The molecule has 0 aliphatic carbocycles. The van der Waals surface area contributed by atoms with Gasteiger partial charge in [0, 0.05) is 31.7 Å². The number of amides is 2. The van der Waals surface area contributed by atoms with E-state index < -0.39 is 0 Å². The average molecular weight is 326 g/mol. The van der Waals surface area contributed by atoms with Crippen molar-refractivity contribution >= 4 is 11.8 Å². The third-order valence-corrected chi connectivity index (χ3v) is 4.74. The minimum absolute atomic E-state index is 0.119. The number of nitrogens with zero attached hydrogens (tertiary/aromatic N) is 2. The van der Waals surface area contributed by atoms with Crippen LogP contribution in [0.3, 0.4) is 0 Å². The molecule has 0 aromatic heterocycles. The van der Waals surface area contributed by atoms with Gasteiger partial charge in [0.1, 0.15) is 0 Å². The Hall–Kier alpha value is -2.39. The van der Waals surface area contributed by atoms with Gasteiger partial charge >= 0.3 is 0 Å². The molecule has 2 aliphatic heterocycles. The molecule has 126 valence electrons. The Bertz CT molecular complexity index is 661. The Kier molecular flexibility index (Phi) is 5.11. The molecule has 2 atom stereocenters. The predicted octanol–water partition coefficient (Wildman–Crippen LogP) is 0.889. The Morgan fingerprint density at radius 2 is 2.12 bits per heavy atom. The molecule has 2 heterocycles. The fourth-order valence-corrected chi connectivity index (χ4v) is 3.38. The highest BCUT2D eigenvalue weighted by atomic mass is 16.2. The van der Waals surface area contributed by atoms with Gasteiger partial charge < -0.3 is 15.5 Å². The molecule has 6 nitrogen and oxygen atoms in total. The lowest BCUT2D eigenvalue weighted by Crippen LogP contribution is -2.42. The van der Waals surface area contributed by atoms with Gasteiger partial charge in [-0.05, 0) is 43.4 Å². The maximum absolute atomic E-state index is 12.4. The molecule has 1 aromatic rings. The Morgan fingerprint density at radius 1 is 1.33 bits per heavy atom. The highest BCUT2D eigenvalue weighted by Crippen LogP contribution is 2.18. The lowest BCUT2D eigenvalue weighted by molar-refractivity contribution is -0.132. The normalized spacial score (nSPS) is 23.0. The smallest absolute Gasteiger partial charge is 0.251 e. The van der Waals surface area contributed by atoms with Crippen LogP contribution in [0.2, 0.25) is 0 Å². The number of carbonyl (C=O) groups excluding carboxylic acids is 2. The first kappa shape index (κ1) is 16.5. The van der Waals surface area contributed by atoms with E-state index in [2.05, 4.69) is 10.6 Å². The van der Waals surface area contributed by atoms with Crippen LogP contribution in [0.5, 0.6) is 0 Å². The maximum atomic E-state index is 12.4. The van der Waals surface area contributed by atoms with E-state index in [9.17, 15) is 9.59 Å². The van der Waals surface area contributed by atoms with E-state index in [1.165, 1.54) is 0 Å². The number of hydrogen-bond donors (Lipinski definition) is 2. The van der Waals surface area contributed by atoms with Crippen molar-refractivity contribution < 1.29 is 9.59 Å². The number of carbonyl (C=O) groups is 2. The molecular formula is C18H22N4O2. The summed E-state index contributed by atoms with van der Waals surface area (Å²) >= 11 is 0. The number of hydrogen-bond acceptors (Lipinski definition) is 4. The fraction of sp³-hybridized carbons (Fsp3) is 0.500. The molecule has 2 fully saturated rings. The van der Waals surface area contributed by atoms with Gasteiger partial charge in [-0.25, -0.2) is 0 Å². The number of nitriles is 1. The second-order valence-corrected chi connectivity index (χ2v) is 6.50. The summed E-state index contributed by atoms with van der Waals surface area (Å²) in [5.74, 6) is 0.272. The zero-order valence-corrected chi connectivity index (χ0v) is 13.6. The first-order valence-corrected chi connectivity index (χ1v) is 8.48. The summed E-state index contributed by atoms with van der Waals surface area (Å²) in [7, 11) is 0. The van der Waals surface area contributed by atoms with Crippen LogP contribution in [0.1, 0.15) is 35.2 Å². The van der Waals surface area contributed by atoms with Gasteiger partial charge in [-0.3, -0.25) is 9.59 Å². The van der Waals surface area contributed by atoms with Crippen molar-refractivity contribution in [3.05, 3.63) is 35.4 Å². The third-order valence-electron chi connectivity index (χ3n) is 4.74. The van der Waals surface area contributed by atoms with Gasteiger partial charge in [-0.2, -0.15) is 5.26 Å². The van der Waals surface area contributed by atoms with Gasteiger partial charge in [-0.1, -0.05) is 6.07 Å². The zero-order valence-electron chi connectivity index (χ0n) is 13.6. The first-order valence-electron chi connectivity index (χ1n) is 8.48. The molecule has 0 radical (unpaired) electrons. The number of nitrogens with one attached hydrogen (secondary N) is 2. The minimum Gasteiger partial charge on any atom is -0.352 e. The summed E-state index contributed by atoms with van der Waals surface area (Å²) in [6.45, 7) is 3.01. The van der Waals surface area contributed by atoms with Crippen LogP contribution in [0.15, 0.2) is 24.3 Å². The highest BCUT2D eigenvalue weighted by molar-refractivity contribution is 5.94. The maximum Gasteiger partial charge on any atom is 0.251 e. The van der Waals surface area contributed by atoms with E-state index in [0.717, 1.165) is 38.9 Å². The van der Waals surface area contributed by atoms with E-state index in [1.54, 1.807) is 24.3 Å². The van der Waals surface area contributed by atoms with E-state index in [-0.39, 0.29) is 23.8 Å². The van der Waals surface area contributed by atoms with Crippen LogP contribution in [-0.4, -0.2) is 48.9 Å². The van der Waals surface area contributed by atoms with Crippen LogP contribution >= 0.6 is 0 Å². The second-order valence-electron chi connectivity index (χ2n) is 6.50. The molecule has 3 rings (SSSR count).